The van der Waals surface area contributed by atoms with Gasteiger partial charge in [-0.05, 0) is 24.3 Å². The van der Waals surface area contributed by atoms with Crippen molar-refractivity contribution in [2.75, 3.05) is 13.3 Å². The van der Waals surface area contributed by atoms with Gasteiger partial charge in [0.15, 0.2) is 7.49 Å². The molecule has 0 fully saturated rings. The van der Waals surface area contributed by atoms with E-state index in [0.29, 0.717) is 0 Å². The molecule has 4 heteroatoms. The highest BCUT2D eigenvalue weighted by Crippen LogP contribution is 2.44. The molecule has 13 heavy (non-hydrogen) atoms. The lowest BCUT2D eigenvalue weighted by Gasteiger charge is -2.08. The zero-order valence-electron chi connectivity index (χ0n) is 7.56. The van der Waals surface area contributed by atoms with E-state index in [9.17, 15) is 9.69 Å². The molecule has 0 bridgehead atoms. The molecule has 0 aliphatic heterocycles. The van der Waals surface area contributed by atoms with E-state index in [-0.39, 0.29) is 5.56 Å². The molecule has 0 saturated carbocycles. The zero-order valence-corrected chi connectivity index (χ0v) is 8.45. The Bertz CT molecular complexity index is 311. The van der Waals surface area contributed by atoms with Crippen molar-refractivity contribution in [2.24, 2.45) is 0 Å². The van der Waals surface area contributed by atoms with E-state index in [2.05, 4.69) is 0 Å². The second-order valence-electron chi connectivity index (χ2n) is 3.25. The van der Waals surface area contributed by atoms with Crippen molar-refractivity contribution in [1.82, 2.24) is 0 Å². The maximum absolute atomic E-state index is 10.5. The summed E-state index contributed by atoms with van der Waals surface area (Å²) in [5, 5.41) is 9.44. The van der Waals surface area contributed by atoms with Crippen LogP contribution in [0.1, 0.15) is 10.4 Å². The fourth-order valence-corrected chi connectivity index (χ4v) is 1.85. The molecule has 1 rings (SSSR count). The smallest absolute Gasteiger partial charge is 0.335 e. The molecule has 3 nitrogen and oxygen atoms in total. The first kappa shape index (κ1) is 10.2. The summed E-state index contributed by atoms with van der Waals surface area (Å²) in [6.45, 7) is 3.53. The summed E-state index contributed by atoms with van der Waals surface area (Å²) < 4.78 is 0. The summed E-state index contributed by atoms with van der Waals surface area (Å²) in [5.74, 6) is -0.944. The number of carboxylic acids is 1. The van der Waals surface area contributed by atoms with Gasteiger partial charge in [0.1, 0.15) is 5.30 Å². The molecule has 0 amide bonds. The van der Waals surface area contributed by atoms with Gasteiger partial charge in [-0.15, -0.1) is 0 Å². The minimum atomic E-state index is -2.01. The van der Waals surface area contributed by atoms with Crippen molar-refractivity contribution in [3.05, 3.63) is 29.8 Å². The number of hydrogen-bond donors (Lipinski definition) is 2. The van der Waals surface area contributed by atoms with Crippen molar-refractivity contribution >= 4 is 18.8 Å². The molecule has 1 aromatic rings. The molecule has 0 spiro atoms. The Labute approximate surface area is 77.4 Å². The van der Waals surface area contributed by atoms with E-state index in [0.717, 1.165) is 5.30 Å². The van der Waals surface area contributed by atoms with Gasteiger partial charge in [0.2, 0.25) is 0 Å². The van der Waals surface area contributed by atoms with Crippen molar-refractivity contribution in [1.29, 1.82) is 0 Å². The van der Waals surface area contributed by atoms with E-state index in [1.807, 2.05) is 0 Å². The lowest BCUT2D eigenvalue weighted by molar-refractivity contribution is 0.0697. The molecule has 0 unspecified atom stereocenters. The highest BCUT2D eigenvalue weighted by atomic mass is 31.2. The Morgan fingerprint density at radius 3 is 2.00 bits per heavy atom. The Kier molecular flexibility index (Phi) is 2.69. The summed E-state index contributed by atoms with van der Waals surface area (Å²) in [5.41, 5.74) is 0.247. The molecule has 0 heterocycles. The molecule has 0 aromatic heterocycles. The first-order valence-corrected chi connectivity index (χ1v) is 6.45. The summed E-state index contributed by atoms with van der Waals surface area (Å²) in [6, 6.07) is 6.35. The molecule has 1 aromatic carbocycles. The van der Waals surface area contributed by atoms with Gasteiger partial charge in [0, 0.05) is 0 Å². The maximum Gasteiger partial charge on any atom is 0.335 e. The number of carbonyl (C=O) groups is 1. The largest absolute Gasteiger partial charge is 0.478 e. The third-order valence-electron chi connectivity index (χ3n) is 1.75. The van der Waals surface area contributed by atoms with Crippen LogP contribution in [0.3, 0.4) is 0 Å². The molecule has 0 saturated heterocycles. The van der Waals surface area contributed by atoms with Crippen molar-refractivity contribution in [3.63, 3.8) is 0 Å². The van der Waals surface area contributed by atoms with Crippen LogP contribution >= 0.6 is 7.49 Å². The van der Waals surface area contributed by atoms with Crippen LogP contribution < -0.4 is 5.30 Å². The summed E-state index contributed by atoms with van der Waals surface area (Å²) in [6.07, 6.45) is 0. The molecule has 0 aliphatic carbocycles. The number of benzene rings is 1. The Balaban J connectivity index is 3.01. The normalized spacial score (nSPS) is 11.3. The van der Waals surface area contributed by atoms with Crippen molar-refractivity contribution in [2.45, 2.75) is 0 Å². The third-order valence-corrected chi connectivity index (χ3v) is 3.31. The van der Waals surface area contributed by atoms with E-state index in [4.69, 9.17) is 5.11 Å². The number of rotatable bonds is 2. The van der Waals surface area contributed by atoms with Gasteiger partial charge in [-0.3, -0.25) is 0 Å². The Morgan fingerprint density at radius 2 is 1.69 bits per heavy atom. The van der Waals surface area contributed by atoms with Crippen LogP contribution in [0.4, 0.5) is 0 Å². The number of aromatic carboxylic acids is 1. The standard InChI is InChI=1S/C9H11O3P/c1-13(2,12)8-5-3-7(4-6-8)9(10)11/h3-6,12H,1-2H3/p+1. The van der Waals surface area contributed by atoms with Crippen LogP contribution in [0, 0.1) is 0 Å². The second-order valence-corrected chi connectivity index (χ2v) is 6.55. The van der Waals surface area contributed by atoms with Crippen LogP contribution in [-0.4, -0.2) is 29.3 Å². The molecule has 2 N–H and O–H groups in total. The number of hydrogen-bond acceptors (Lipinski definition) is 2. The van der Waals surface area contributed by atoms with Crippen molar-refractivity contribution < 1.29 is 14.8 Å². The van der Waals surface area contributed by atoms with E-state index in [1.54, 1.807) is 25.5 Å². The predicted octanol–water partition coefficient (Wildman–Crippen LogP) is 1.19. The molecular formula is C9H12O3P+. The molecule has 0 radical (unpaired) electrons. The van der Waals surface area contributed by atoms with Crippen LogP contribution in [0.5, 0.6) is 0 Å². The van der Waals surface area contributed by atoms with Gasteiger partial charge in [-0.1, -0.05) is 0 Å². The van der Waals surface area contributed by atoms with E-state index >= 15 is 0 Å². The second kappa shape index (κ2) is 3.44. The minimum Gasteiger partial charge on any atom is -0.478 e. The topological polar surface area (TPSA) is 57.5 Å². The lowest BCUT2D eigenvalue weighted by atomic mass is 10.2. The highest BCUT2D eigenvalue weighted by molar-refractivity contribution is 7.76. The summed E-state index contributed by atoms with van der Waals surface area (Å²) in [7, 11) is -2.01. The fraction of sp³-hybridized carbons (Fsp3) is 0.222. The molecular weight excluding hydrogens is 187 g/mol. The Hall–Kier alpha value is -0.920. The fourth-order valence-electron chi connectivity index (χ4n) is 0.969. The van der Waals surface area contributed by atoms with Gasteiger partial charge in [-0.2, -0.15) is 0 Å². The average molecular weight is 199 g/mol. The molecule has 0 atom stereocenters. The summed E-state index contributed by atoms with van der Waals surface area (Å²) in [4.78, 5) is 20.2. The van der Waals surface area contributed by atoms with Gasteiger partial charge >= 0.3 is 5.97 Å². The number of carboxylic acid groups (broad SMARTS) is 1. The van der Waals surface area contributed by atoms with Crippen LogP contribution in [0.15, 0.2) is 24.3 Å². The first-order chi connectivity index (χ1) is 5.91. The third kappa shape index (κ3) is 2.51. The van der Waals surface area contributed by atoms with Gasteiger partial charge in [-0.25, -0.2) is 9.69 Å². The van der Waals surface area contributed by atoms with E-state index in [1.165, 1.54) is 12.1 Å². The molecule has 0 aliphatic rings. The van der Waals surface area contributed by atoms with E-state index < -0.39 is 13.5 Å². The molecule has 70 valence electrons. The average Bonchev–Trinajstić information content (AvgIpc) is 2.03. The zero-order chi connectivity index (χ0) is 10.1. The lowest BCUT2D eigenvalue weighted by Crippen LogP contribution is -2.09. The minimum absolute atomic E-state index is 0.247. The van der Waals surface area contributed by atoms with Gasteiger partial charge < -0.3 is 5.11 Å². The van der Waals surface area contributed by atoms with Crippen LogP contribution in [0.2, 0.25) is 0 Å². The van der Waals surface area contributed by atoms with Gasteiger partial charge in [0.25, 0.3) is 0 Å². The SMILES string of the molecule is C[P+](C)(O)c1ccc(C(=O)O)cc1. The van der Waals surface area contributed by atoms with Crippen LogP contribution in [0.25, 0.3) is 0 Å². The highest BCUT2D eigenvalue weighted by Gasteiger charge is 2.24. The van der Waals surface area contributed by atoms with Crippen LogP contribution in [-0.2, 0) is 0 Å². The van der Waals surface area contributed by atoms with Gasteiger partial charge in [0.05, 0.1) is 18.9 Å². The summed E-state index contributed by atoms with van der Waals surface area (Å²) >= 11 is 0. The first-order valence-electron chi connectivity index (χ1n) is 3.82. The van der Waals surface area contributed by atoms with Crippen molar-refractivity contribution in [3.8, 4) is 0 Å². The Morgan fingerprint density at radius 1 is 1.23 bits per heavy atom. The predicted molar refractivity (Wildman–Crippen MR) is 54.0 cm³/mol. The quantitative estimate of drug-likeness (QED) is 0.703. The maximum atomic E-state index is 10.5. The monoisotopic (exact) mass is 199 g/mol.